The maximum absolute atomic E-state index is 13.6. The zero-order valence-corrected chi connectivity index (χ0v) is 15.3. The summed E-state index contributed by atoms with van der Waals surface area (Å²) >= 11 is 0. The highest BCUT2D eigenvalue weighted by molar-refractivity contribution is 6.04. The second-order valence-electron chi connectivity index (χ2n) is 7.58. The number of nitrogens with one attached hydrogen (secondary N) is 1. The number of H-pyrrole nitrogens is 1. The summed E-state index contributed by atoms with van der Waals surface area (Å²) in [6.07, 6.45) is 6.97. The Balaban J connectivity index is 1.63. The molecule has 0 unspecified atom stereocenters. The van der Waals surface area contributed by atoms with Crippen LogP contribution in [0.1, 0.15) is 40.9 Å². The summed E-state index contributed by atoms with van der Waals surface area (Å²) < 4.78 is 13.6. The van der Waals surface area contributed by atoms with E-state index in [4.69, 9.17) is 0 Å². The minimum atomic E-state index is -0.415. The van der Waals surface area contributed by atoms with E-state index in [0.29, 0.717) is 18.1 Å². The third-order valence-corrected chi connectivity index (χ3v) is 5.84. The van der Waals surface area contributed by atoms with Gasteiger partial charge in [-0.15, -0.1) is 0 Å². The first kappa shape index (κ1) is 16.9. The molecule has 3 aromatic rings. The summed E-state index contributed by atoms with van der Waals surface area (Å²) in [5.41, 5.74) is 5.12. The fourth-order valence-electron chi connectivity index (χ4n) is 4.18. The predicted octanol–water partition coefficient (Wildman–Crippen LogP) is 4.69. The van der Waals surface area contributed by atoms with Crippen LogP contribution in [0.25, 0.3) is 6.08 Å². The summed E-state index contributed by atoms with van der Waals surface area (Å²) in [6.45, 7) is 0. The van der Waals surface area contributed by atoms with Crippen LogP contribution in [-0.4, -0.2) is 21.1 Å². The Morgan fingerprint density at radius 1 is 1.07 bits per heavy atom. The van der Waals surface area contributed by atoms with Gasteiger partial charge >= 0.3 is 0 Å². The third kappa shape index (κ3) is 2.66. The first-order chi connectivity index (χ1) is 13.7. The first-order valence-electron chi connectivity index (χ1n) is 9.51. The van der Waals surface area contributed by atoms with E-state index in [2.05, 4.69) is 39.6 Å². The van der Waals surface area contributed by atoms with E-state index in [9.17, 15) is 9.60 Å². The fraction of sp³-hybridized carbons (Fsp3) is 0.217. The second-order valence-corrected chi connectivity index (χ2v) is 7.58. The number of aromatic amines is 1. The van der Waals surface area contributed by atoms with Gasteiger partial charge in [0.15, 0.2) is 0 Å². The number of fused-ring (bicyclic) bond motifs is 1. The molecule has 5 heteroatoms. The Kier molecular flexibility index (Phi) is 3.90. The molecule has 1 fully saturated rings. The van der Waals surface area contributed by atoms with Crippen molar-refractivity contribution >= 4 is 11.8 Å². The molecule has 1 saturated carbocycles. The van der Waals surface area contributed by atoms with Crippen LogP contribution < -0.4 is 0 Å². The SMILES string of the molecule is ON=C(c1n[nH]c2c1C=C[C@](c1ccccc1)(c1ccc(F)cc1)C2)C1CC1. The number of halogens is 1. The first-order valence-corrected chi connectivity index (χ1v) is 9.51. The Morgan fingerprint density at radius 2 is 1.79 bits per heavy atom. The van der Waals surface area contributed by atoms with E-state index in [1.165, 1.54) is 12.1 Å². The molecule has 1 aromatic heterocycles. The van der Waals surface area contributed by atoms with Crippen LogP contribution in [0.5, 0.6) is 0 Å². The average molecular weight is 373 g/mol. The van der Waals surface area contributed by atoms with E-state index in [1.807, 2.05) is 30.3 Å². The number of hydrogen-bond donors (Lipinski definition) is 2. The largest absolute Gasteiger partial charge is 0.411 e. The Hall–Kier alpha value is -3.21. The lowest BCUT2D eigenvalue weighted by Gasteiger charge is -2.34. The van der Waals surface area contributed by atoms with Gasteiger partial charge in [-0.1, -0.05) is 59.8 Å². The molecule has 0 bridgehead atoms. The van der Waals surface area contributed by atoms with Gasteiger partial charge in [0, 0.05) is 29.0 Å². The normalized spacial score (nSPS) is 21.5. The molecule has 28 heavy (non-hydrogen) atoms. The van der Waals surface area contributed by atoms with Crippen molar-refractivity contribution in [1.82, 2.24) is 10.2 Å². The molecule has 0 amide bonds. The molecule has 2 aliphatic carbocycles. The lowest BCUT2D eigenvalue weighted by atomic mass is 9.68. The molecule has 2 N–H and O–H groups in total. The smallest absolute Gasteiger partial charge is 0.123 e. The Labute approximate surface area is 162 Å². The van der Waals surface area contributed by atoms with Gasteiger partial charge in [0.05, 0.1) is 0 Å². The zero-order chi connectivity index (χ0) is 19.1. The van der Waals surface area contributed by atoms with Gasteiger partial charge in [-0.3, -0.25) is 5.10 Å². The molecule has 4 nitrogen and oxygen atoms in total. The van der Waals surface area contributed by atoms with Crippen LogP contribution in [0.3, 0.4) is 0 Å². The van der Waals surface area contributed by atoms with Crippen molar-refractivity contribution in [3.8, 4) is 0 Å². The van der Waals surface area contributed by atoms with Crippen molar-refractivity contribution in [3.63, 3.8) is 0 Å². The molecule has 0 radical (unpaired) electrons. The number of rotatable bonds is 4. The molecule has 0 spiro atoms. The monoisotopic (exact) mass is 373 g/mol. The number of allylic oxidation sites excluding steroid dienone is 1. The minimum Gasteiger partial charge on any atom is -0.411 e. The Bertz CT molecular complexity index is 1060. The number of benzene rings is 2. The molecule has 2 aromatic carbocycles. The molecule has 0 saturated heterocycles. The van der Waals surface area contributed by atoms with Gasteiger partial charge in [-0.2, -0.15) is 5.10 Å². The van der Waals surface area contributed by atoms with Crippen molar-refractivity contribution in [2.45, 2.75) is 24.7 Å². The van der Waals surface area contributed by atoms with Crippen molar-refractivity contribution in [2.75, 3.05) is 0 Å². The Morgan fingerprint density at radius 3 is 2.46 bits per heavy atom. The molecule has 140 valence electrons. The molecule has 1 atom stereocenters. The number of hydrogen-bond acceptors (Lipinski definition) is 3. The van der Waals surface area contributed by atoms with Gasteiger partial charge in [0.25, 0.3) is 0 Å². The van der Waals surface area contributed by atoms with Crippen LogP contribution in [0.15, 0.2) is 65.8 Å². The van der Waals surface area contributed by atoms with Crippen molar-refractivity contribution < 1.29 is 9.60 Å². The van der Waals surface area contributed by atoms with Crippen molar-refractivity contribution in [1.29, 1.82) is 0 Å². The lowest BCUT2D eigenvalue weighted by Crippen LogP contribution is -2.30. The van der Waals surface area contributed by atoms with Gasteiger partial charge in [0.2, 0.25) is 0 Å². The van der Waals surface area contributed by atoms with E-state index < -0.39 is 5.41 Å². The topological polar surface area (TPSA) is 61.3 Å². The summed E-state index contributed by atoms with van der Waals surface area (Å²) in [4.78, 5) is 0. The molecular formula is C23H20FN3O. The number of nitrogens with zero attached hydrogens (tertiary/aromatic N) is 2. The molecule has 2 aliphatic rings. The second kappa shape index (κ2) is 6.44. The van der Waals surface area contributed by atoms with E-state index in [1.54, 1.807) is 0 Å². The van der Waals surface area contributed by atoms with Gasteiger partial charge < -0.3 is 5.21 Å². The summed E-state index contributed by atoms with van der Waals surface area (Å²) in [7, 11) is 0. The van der Waals surface area contributed by atoms with Crippen LogP contribution in [-0.2, 0) is 11.8 Å². The molecule has 0 aliphatic heterocycles. The summed E-state index contributed by atoms with van der Waals surface area (Å²) in [5, 5.41) is 20.6. The van der Waals surface area contributed by atoms with Crippen LogP contribution in [0, 0.1) is 11.7 Å². The number of aromatic nitrogens is 2. The molecule has 5 rings (SSSR count). The van der Waals surface area contributed by atoms with Crippen LogP contribution in [0.2, 0.25) is 0 Å². The molecular weight excluding hydrogens is 353 g/mol. The van der Waals surface area contributed by atoms with Crippen LogP contribution in [0.4, 0.5) is 4.39 Å². The fourth-order valence-corrected chi connectivity index (χ4v) is 4.18. The van der Waals surface area contributed by atoms with Gasteiger partial charge in [0.1, 0.15) is 17.2 Å². The van der Waals surface area contributed by atoms with E-state index in [0.717, 1.165) is 40.9 Å². The maximum atomic E-state index is 13.6. The van der Waals surface area contributed by atoms with Crippen molar-refractivity contribution in [2.24, 2.45) is 11.1 Å². The average Bonchev–Trinajstić information content (AvgIpc) is 3.49. The standard InChI is InChI=1S/C23H20FN3O/c24-18-10-8-17(9-11-18)23(16-4-2-1-3-5-16)13-12-19-20(14-23)25-26-22(19)21(27-28)15-6-7-15/h1-5,8-13,15,28H,6-7,14H2,(H,25,26)/t23-/m0/s1. The van der Waals surface area contributed by atoms with E-state index >= 15 is 0 Å². The molecule has 1 heterocycles. The summed E-state index contributed by atoms with van der Waals surface area (Å²) in [6, 6.07) is 16.9. The summed E-state index contributed by atoms with van der Waals surface area (Å²) in [5.74, 6) is 0.0493. The third-order valence-electron chi connectivity index (χ3n) is 5.84. The van der Waals surface area contributed by atoms with Crippen LogP contribution >= 0.6 is 0 Å². The highest BCUT2D eigenvalue weighted by Gasteiger charge is 2.38. The number of oxime groups is 1. The van der Waals surface area contributed by atoms with E-state index in [-0.39, 0.29) is 5.82 Å². The van der Waals surface area contributed by atoms with Gasteiger partial charge in [-0.25, -0.2) is 4.39 Å². The quantitative estimate of drug-likeness (QED) is 0.396. The van der Waals surface area contributed by atoms with Gasteiger partial charge in [-0.05, 0) is 36.1 Å². The maximum Gasteiger partial charge on any atom is 0.123 e. The highest BCUT2D eigenvalue weighted by Crippen LogP contribution is 2.43. The predicted molar refractivity (Wildman–Crippen MR) is 106 cm³/mol. The minimum absolute atomic E-state index is 0.246. The lowest BCUT2D eigenvalue weighted by molar-refractivity contribution is 0.317. The van der Waals surface area contributed by atoms with Crippen molar-refractivity contribution in [3.05, 3.63) is 94.6 Å². The zero-order valence-electron chi connectivity index (χ0n) is 15.3. The highest BCUT2D eigenvalue weighted by atomic mass is 19.1.